The number of allylic oxidation sites excluding steroid dienone is 4. The fourth-order valence-corrected chi connectivity index (χ4v) is 3.83. The minimum Gasteiger partial charge on any atom is -0.373 e. The zero-order chi connectivity index (χ0) is 21.7. The minimum atomic E-state index is -1.07. The van der Waals surface area contributed by atoms with E-state index in [1.54, 1.807) is 6.20 Å². The molecule has 0 saturated heterocycles. The number of fused-ring (bicyclic) bond motifs is 2. The van der Waals surface area contributed by atoms with Gasteiger partial charge in [0.1, 0.15) is 11.3 Å². The Hall–Kier alpha value is -3.81. The van der Waals surface area contributed by atoms with Crippen molar-refractivity contribution in [3.8, 4) is 0 Å². The molecule has 3 heterocycles. The summed E-state index contributed by atoms with van der Waals surface area (Å²) in [5.41, 5.74) is 3.20. The first kappa shape index (κ1) is 19.2. The third kappa shape index (κ3) is 3.02. The highest BCUT2D eigenvalue weighted by Gasteiger charge is 2.21. The molecule has 4 aromatic rings. The summed E-state index contributed by atoms with van der Waals surface area (Å²) in [5.74, 6) is -1.37. The van der Waals surface area contributed by atoms with E-state index in [1.807, 2.05) is 35.9 Å². The number of imidazole rings is 1. The summed E-state index contributed by atoms with van der Waals surface area (Å²) in [6.07, 6.45) is 7.55. The first-order valence-corrected chi connectivity index (χ1v) is 9.93. The molecule has 0 radical (unpaired) electrons. The Morgan fingerprint density at radius 3 is 2.74 bits per heavy atom. The van der Waals surface area contributed by atoms with Crippen LogP contribution in [0.5, 0.6) is 0 Å². The SMILES string of the molecule is CCN(C)c1ccnc2c1nc(C1=CC=C1)n2Cc1cc(=O)[nH]c2c(F)c(F)ccc12. The van der Waals surface area contributed by atoms with E-state index in [0.717, 1.165) is 29.4 Å². The molecule has 1 aliphatic carbocycles. The molecule has 0 amide bonds. The van der Waals surface area contributed by atoms with Crippen molar-refractivity contribution in [2.75, 3.05) is 18.5 Å². The molecule has 156 valence electrons. The summed E-state index contributed by atoms with van der Waals surface area (Å²) in [5, 5.41) is 0.436. The predicted molar refractivity (Wildman–Crippen MR) is 117 cm³/mol. The van der Waals surface area contributed by atoms with Gasteiger partial charge in [-0.2, -0.15) is 0 Å². The molecule has 5 rings (SSSR count). The van der Waals surface area contributed by atoms with E-state index < -0.39 is 17.2 Å². The summed E-state index contributed by atoms with van der Waals surface area (Å²) in [6, 6.07) is 5.86. The maximum Gasteiger partial charge on any atom is 0.248 e. The van der Waals surface area contributed by atoms with E-state index in [1.165, 1.54) is 12.1 Å². The first-order chi connectivity index (χ1) is 15.0. The number of H-pyrrole nitrogens is 1. The second kappa shape index (κ2) is 7.16. The molecule has 0 spiro atoms. The van der Waals surface area contributed by atoms with Crippen LogP contribution < -0.4 is 10.5 Å². The third-order valence-corrected chi connectivity index (χ3v) is 5.63. The summed E-state index contributed by atoms with van der Waals surface area (Å²) >= 11 is 0. The molecule has 0 saturated carbocycles. The van der Waals surface area contributed by atoms with Gasteiger partial charge in [-0.15, -0.1) is 0 Å². The molecule has 6 nitrogen and oxygen atoms in total. The van der Waals surface area contributed by atoms with Crippen molar-refractivity contribution in [3.05, 3.63) is 82.1 Å². The van der Waals surface area contributed by atoms with E-state index in [9.17, 15) is 13.6 Å². The van der Waals surface area contributed by atoms with Gasteiger partial charge in [0, 0.05) is 36.8 Å². The van der Waals surface area contributed by atoms with Gasteiger partial charge < -0.3 is 14.5 Å². The molecule has 1 aliphatic rings. The fourth-order valence-electron chi connectivity index (χ4n) is 3.83. The zero-order valence-corrected chi connectivity index (χ0v) is 17.0. The highest BCUT2D eigenvalue weighted by atomic mass is 19.2. The minimum absolute atomic E-state index is 0.143. The smallest absolute Gasteiger partial charge is 0.248 e. The van der Waals surface area contributed by atoms with Crippen molar-refractivity contribution in [3.63, 3.8) is 0 Å². The zero-order valence-electron chi connectivity index (χ0n) is 17.0. The van der Waals surface area contributed by atoms with Gasteiger partial charge >= 0.3 is 0 Å². The molecule has 0 unspecified atom stereocenters. The molecule has 1 aromatic carbocycles. The maximum absolute atomic E-state index is 14.3. The van der Waals surface area contributed by atoms with Crippen LogP contribution in [0.4, 0.5) is 14.5 Å². The van der Waals surface area contributed by atoms with Crippen LogP contribution in [-0.4, -0.2) is 33.1 Å². The van der Waals surface area contributed by atoms with Gasteiger partial charge in [0.15, 0.2) is 17.3 Å². The van der Waals surface area contributed by atoms with Crippen molar-refractivity contribution in [2.45, 2.75) is 13.5 Å². The average molecular weight is 419 g/mol. The largest absolute Gasteiger partial charge is 0.373 e. The second-order valence-corrected chi connectivity index (χ2v) is 7.46. The molecule has 1 N–H and O–H groups in total. The van der Waals surface area contributed by atoms with Crippen molar-refractivity contribution in [2.24, 2.45) is 0 Å². The predicted octanol–water partition coefficient (Wildman–Crippen LogP) is 4.01. The summed E-state index contributed by atoms with van der Waals surface area (Å²) in [6.45, 7) is 3.08. The van der Waals surface area contributed by atoms with Crippen LogP contribution in [0.25, 0.3) is 27.6 Å². The van der Waals surface area contributed by atoms with Gasteiger partial charge in [-0.1, -0.05) is 18.2 Å². The Morgan fingerprint density at radius 1 is 1.23 bits per heavy atom. The van der Waals surface area contributed by atoms with E-state index in [4.69, 9.17) is 4.98 Å². The van der Waals surface area contributed by atoms with Crippen LogP contribution >= 0.6 is 0 Å². The lowest BCUT2D eigenvalue weighted by molar-refractivity contribution is 0.515. The van der Waals surface area contributed by atoms with Crippen LogP contribution in [0.15, 0.2) is 53.5 Å². The molecular weight excluding hydrogens is 400 g/mol. The topological polar surface area (TPSA) is 66.8 Å². The van der Waals surface area contributed by atoms with Gasteiger partial charge in [0.25, 0.3) is 0 Å². The Labute approximate surface area is 176 Å². The lowest BCUT2D eigenvalue weighted by atomic mass is 10.1. The number of benzene rings is 1. The standard InChI is InChI=1S/C23H19F2N5O/c1-3-29(2)17-9-10-26-23-21(17)28-22(13-5-4-6-13)30(23)12-14-11-18(31)27-20-15(14)7-8-16(24)19(20)25/h4-11H,3,12H2,1-2H3,(H,27,31). The van der Waals surface area contributed by atoms with Crippen LogP contribution in [0.3, 0.4) is 0 Å². The second-order valence-electron chi connectivity index (χ2n) is 7.46. The lowest BCUT2D eigenvalue weighted by Gasteiger charge is -2.16. The van der Waals surface area contributed by atoms with Crippen LogP contribution in [0.1, 0.15) is 18.3 Å². The fraction of sp³-hybridized carbons (Fsp3) is 0.174. The first-order valence-electron chi connectivity index (χ1n) is 9.93. The highest BCUT2D eigenvalue weighted by Crippen LogP contribution is 2.31. The Morgan fingerprint density at radius 2 is 2.03 bits per heavy atom. The van der Waals surface area contributed by atoms with Gasteiger partial charge in [-0.3, -0.25) is 4.79 Å². The average Bonchev–Trinajstić information content (AvgIpc) is 3.07. The number of halogens is 2. The highest BCUT2D eigenvalue weighted by molar-refractivity contribution is 5.91. The Balaban J connectivity index is 1.75. The maximum atomic E-state index is 14.3. The van der Waals surface area contributed by atoms with Crippen molar-refractivity contribution in [1.82, 2.24) is 19.5 Å². The molecule has 0 atom stereocenters. The number of nitrogens with one attached hydrogen (secondary N) is 1. The molecule has 0 aliphatic heterocycles. The van der Waals surface area contributed by atoms with Crippen molar-refractivity contribution in [1.29, 1.82) is 0 Å². The Kier molecular flexibility index (Phi) is 4.43. The monoisotopic (exact) mass is 419 g/mol. The number of anilines is 1. The van der Waals surface area contributed by atoms with Gasteiger partial charge in [-0.05, 0) is 30.7 Å². The van der Waals surface area contributed by atoms with Gasteiger partial charge in [-0.25, -0.2) is 18.7 Å². The van der Waals surface area contributed by atoms with Crippen LogP contribution in [-0.2, 0) is 6.54 Å². The van der Waals surface area contributed by atoms with E-state index in [0.29, 0.717) is 22.4 Å². The number of hydrogen-bond acceptors (Lipinski definition) is 4. The third-order valence-electron chi connectivity index (χ3n) is 5.63. The molecule has 31 heavy (non-hydrogen) atoms. The quantitative estimate of drug-likeness (QED) is 0.531. The van der Waals surface area contributed by atoms with Gasteiger partial charge in [0.05, 0.1) is 17.7 Å². The molecule has 8 heteroatoms. The number of nitrogens with zero attached hydrogens (tertiary/aromatic N) is 4. The number of aromatic nitrogens is 4. The van der Waals surface area contributed by atoms with Crippen LogP contribution in [0.2, 0.25) is 0 Å². The Bertz CT molecular complexity index is 1460. The van der Waals surface area contributed by atoms with Crippen molar-refractivity contribution >= 4 is 33.3 Å². The molecule has 0 fully saturated rings. The van der Waals surface area contributed by atoms with Crippen molar-refractivity contribution < 1.29 is 8.78 Å². The summed E-state index contributed by atoms with van der Waals surface area (Å²) < 4.78 is 30.0. The molecule has 3 aromatic heterocycles. The number of aromatic amines is 1. The molecular formula is C23H19F2N5O. The van der Waals surface area contributed by atoms with Crippen LogP contribution in [0, 0.1) is 11.6 Å². The molecule has 0 bridgehead atoms. The summed E-state index contributed by atoms with van der Waals surface area (Å²) in [4.78, 5) is 26.1. The van der Waals surface area contributed by atoms with E-state index in [2.05, 4.69) is 21.8 Å². The normalized spacial score (nSPS) is 13.0. The summed E-state index contributed by atoms with van der Waals surface area (Å²) in [7, 11) is 1.98. The van der Waals surface area contributed by atoms with Gasteiger partial charge in [0.2, 0.25) is 5.56 Å². The van der Waals surface area contributed by atoms with E-state index in [-0.39, 0.29) is 12.1 Å². The number of hydrogen-bond donors (Lipinski definition) is 1. The number of pyridine rings is 2. The van der Waals surface area contributed by atoms with E-state index >= 15 is 0 Å². The number of rotatable bonds is 5. The lowest BCUT2D eigenvalue weighted by Crippen LogP contribution is -2.16.